The third kappa shape index (κ3) is 2.47. The summed E-state index contributed by atoms with van der Waals surface area (Å²) in [5, 5.41) is 14.9. The molecule has 24 heavy (non-hydrogen) atoms. The van der Waals surface area contributed by atoms with Gasteiger partial charge in [0.2, 0.25) is 11.6 Å². The zero-order chi connectivity index (χ0) is 16.9. The predicted molar refractivity (Wildman–Crippen MR) is 90.8 cm³/mol. The van der Waals surface area contributed by atoms with Gasteiger partial charge in [0, 0.05) is 22.7 Å². The molecule has 2 N–H and O–H groups in total. The van der Waals surface area contributed by atoms with E-state index in [0.29, 0.717) is 28.7 Å². The molecule has 0 saturated carbocycles. The van der Waals surface area contributed by atoms with Gasteiger partial charge in [0.25, 0.3) is 0 Å². The Bertz CT molecular complexity index is 856. The molecule has 1 aliphatic heterocycles. The maximum absolute atomic E-state index is 12.9. The molecule has 2 heterocycles. The van der Waals surface area contributed by atoms with Crippen molar-refractivity contribution in [2.24, 2.45) is 5.41 Å². The highest BCUT2D eigenvalue weighted by Gasteiger charge is 2.40. The van der Waals surface area contributed by atoms with Crippen molar-refractivity contribution in [2.45, 2.75) is 32.7 Å². The molecule has 1 aliphatic carbocycles. The lowest BCUT2D eigenvalue weighted by Gasteiger charge is -2.34. The standard InChI is InChI=1S/C17H17ClN4O2/c1-17(2)7-11-13(12(23)8-17)14(9-5-3-4-6-10(9)18)20-16-15(19-11)21-24-22-16/h3-6,14H,7-8H2,1-2H3,(H,19,21)(H,20,22)/t14-/m1/s1. The Hall–Kier alpha value is -2.34. The van der Waals surface area contributed by atoms with Gasteiger partial charge in [-0.1, -0.05) is 43.6 Å². The smallest absolute Gasteiger partial charge is 0.219 e. The fourth-order valence-corrected chi connectivity index (χ4v) is 3.69. The summed E-state index contributed by atoms with van der Waals surface area (Å²) in [6, 6.07) is 7.11. The Morgan fingerprint density at radius 1 is 1.21 bits per heavy atom. The summed E-state index contributed by atoms with van der Waals surface area (Å²) in [7, 11) is 0. The van der Waals surface area contributed by atoms with Crippen LogP contribution >= 0.6 is 11.6 Å². The van der Waals surface area contributed by atoms with Gasteiger partial charge in [-0.3, -0.25) is 4.79 Å². The number of ketones is 1. The number of anilines is 2. The number of Topliss-reactive ketones (excluding diaryl/α,β-unsaturated/α-hetero) is 1. The van der Waals surface area contributed by atoms with Gasteiger partial charge in [0.1, 0.15) is 0 Å². The van der Waals surface area contributed by atoms with E-state index in [1.165, 1.54) is 0 Å². The zero-order valence-electron chi connectivity index (χ0n) is 13.4. The molecular formula is C17H17ClN4O2. The number of allylic oxidation sites excluding steroid dienone is 1. The summed E-state index contributed by atoms with van der Waals surface area (Å²) in [5.74, 6) is 1.07. The van der Waals surface area contributed by atoms with Crippen LogP contribution in [0.15, 0.2) is 40.2 Å². The molecule has 0 bridgehead atoms. The summed E-state index contributed by atoms with van der Waals surface area (Å²) >= 11 is 6.39. The Kier molecular flexibility index (Phi) is 3.38. The van der Waals surface area contributed by atoms with Gasteiger partial charge in [-0.15, -0.1) is 0 Å². The maximum atomic E-state index is 12.9. The number of carbonyl (C=O) groups is 1. The molecule has 0 saturated heterocycles. The van der Waals surface area contributed by atoms with Crippen LogP contribution in [0.4, 0.5) is 11.6 Å². The average molecular weight is 345 g/mol. The molecule has 1 aromatic carbocycles. The van der Waals surface area contributed by atoms with E-state index in [-0.39, 0.29) is 11.2 Å². The number of rotatable bonds is 1. The van der Waals surface area contributed by atoms with E-state index < -0.39 is 6.04 Å². The van der Waals surface area contributed by atoms with Crippen molar-refractivity contribution in [1.29, 1.82) is 0 Å². The van der Waals surface area contributed by atoms with Crippen LogP contribution in [0.3, 0.4) is 0 Å². The number of benzene rings is 1. The van der Waals surface area contributed by atoms with Gasteiger partial charge in [-0.05, 0) is 33.8 Å². The normalized spacial score (nSPS) is 22.1. The fourth-order valence-electron chi connectivity index (χ4n) is 3.44. The van der Waals surface area contributed by atoms with Crippen molar-refractivity contribution in [2.75, 3.05) is 10.6 Å². The van der Waals surface area contributed by atoms with Crippen LogP contribution in [0.2, 0.25) is 5.02 Å². The molecule has 2 aromatic rings. The molecule has 124 valence electrons. The van der Waals surface area contributed by atoms with Crippen molar-refractivity contribution in [3.8, 4) is 0 Å². The summed E-state index contributed by atoms with van der Waals surface area (Å²) in [4.78, 5) is 12.9. The Labute approximate surface area is 144 Å². The molecule has 0 fully saturated rings. The first-order valence-electron chi connectivity index (χ1n) is 7.81. The van der Waals surface area contributed by atoms with Gasteiger partial charge in [-0.25, -0.2) is 4.63 Å². The van der Waals surface area contributed by atoms with E-state index in [0.717, 1.165) is 17.7 Å². The lowest BCUT2D eigenvalue weighted by Crippen LogP contribution is -2.31. The van der Waals surface area contributed by atoms with Crippen molar-refractivity contribution in [1.82, 2.24) is 10.3 Å². The molecule has 0 unspecified atom stereocenters. The van der Waals surface area contributed by atoms with Crippen LogP contribution in [0.25, 0.3) is 0 Å². The molecule has 6 nitrogen and oxygen atoms in total. The first kappa shape index (κ1) is 15.2. The number of aromatic nitrogens is 2. The summed E-state index contributed by atoms with van der Waals surface area (Å²) < 4.78 is 4.83. The highest BCUT2D eigenvalue weighted by atomic mass is 35.5. The second-order valence-electron chi connectivity index (χ2n) is 7.02. The summed E-state index contributed by atoms with van der Waals surface area (Å²) in [5.41, 5.74) is 2.26. The topological polar surface area (TPSA) is 80.1 Å². The van der Waals surface area contributed by atoms with Gasteiger partial charge < -0.3 is 10.6 Å². The Balaban J connectivity index is 1.90. The van der Waals surface area contributed by atoms with Crippen LogP contribution in [-0.4, -0.2) is 16.1 Å². The Morgan fingerprint density at radius 2 is 1.96 bits per heavy atom. The van der Waals surface area contributed by atoms with Gasteiger partial charge >= 0.3 is 0 Å². The molecule has 2 aliphatic rings. The van der Waals surface area contributed by atoms with Crippen LogP contribution in [0, 0.1) is 5.41 Å². The predicted octanol–water partition coefficient (Wildman–Crippen LogP) is 3.94. The molecule has 0 radical (unpaired) electrons. The highest BCUT2D eigenvalue weighted by molar-refractivity contribution is 6.31. The van der Waals surface area contributed by atoms with Gasteiger partial charge in [-0.2, -0.15) is 0 Å². The molecule has 1 aromatic heterocycles. The van der Waals surface area contributed by atoms with E-state index in [9.17, 15) is 4.79 Å². The molecule has 4 rings (SSSR count). The fraction of sp³-hybridized carbons (Fsp3) is 0.353. The SMILES string of the molecule is CC1(C)CC(=O)C2=C(C1)Nc1nonc1N[C@@H]2c1ccccc1Cl. The lowest BCUT2D eigenvalue weighted by atomic mass is 9.73. The number of fused-ring (bicyclic) bond motifs is 1. The molecular weight excluding hydrogens is 328 g/mol. The van der Waals surface area contributed by atoms with E-state index >= 15 is 0 Å². The van der Waals surface area contributed by atoms with E-state index in [2.05, 4.69) is 34.8 Å². The third-order valence-electron chi connectivity index (χ3n) is 4.46. The van der Waals surface area contributed by atoms with E-state index in [1.54, 1.807) is 0 Å². The number of carbonyl (C=O) groups excluding carboxylic acids is 1. The quantitative estimate of drug-likeness (QED) is 0.815. The summed E-state index contributed by atoms with van der Waals surface area (Å²) in [6.45, 7) is 4.17. The summed E-state index contributed by atoms with van der Waals surface area (Å²) in [6.07, 6.45) is 1.23. The minimum atomic E-state index is -0.391. The van der Waals surface area contributed by atoms with Gasteiger partial charge in [0.15, 0.2) is 5.78 Å². The number of hydrogen-bond donors (Lipinski definition) is 2. The van der Waals surface area contributed by atoms with Crippen LogP contribution in [-0.2, 0) is 4.79 Å². The first-order chi connectivity index (χ1) is 11.4. The van der Waals surface area contributed by atoms with Crippen molar-refractivity contribution in [3.63, 3.8) is 0 Å². The minimum absolute atomic E-state index is 0.105. The highest BCUT2D eigenvalue weighted by Crippen LogP contribution is 2.45. The second kappa shape index (κ2) is 5.34. The van der Waals surface area contributed by atoms with E-state index in [4.69, 9.17) is 16.2 Å². The molecule has 0 amide bonds. The zero-order valence-corrected chi connectivity index (χ0v) is 14.1. The van der Waals surface area contributed by atoms with Crippen LogP contribution in [0.5, 0.6) is 0 Å². The van der Waals surface area contributed by atoms with Crippen LogP contribution in [0.1, 0.15) is 38.3 Å². The average Bonchev–Trinajstić information content (AvgIpc) is 2.86. The Morgan fingerprint density at radius 3 is 2.75 bits per heavy atom. The molecule has 7 heteroatoms. The van der Waals surface area contributed by atoms with Crippen molar-refractivity contribution < 1.29 is 9.42 Å². The minimum Gasteiger partial charge on any atom is -0.353 e. The lowest BCUT2D eigenvalue weighted by molar-refractivity contribution is -0.118. The molecule has 1 atom stereocenters. The number of nitrogens with zero attached hydrogens (tertiary/aromatic N) is 2. The number of nitrogens with one attached hydrogen (secondary N) is 2. The van der Waals surface area contributed by atoms with Crippen molar-refractivity contribution >= 4 is 29.0 Å². The van der Waals surface area contributed by atoms with E-state index in [1.807, 2.05) is 24.3 Å². The second-order valence-corrected chi connectivity index (χ2v) is 7.43. The third-order valence-corrected chi connectivity index (χ3v) is 4.81. The first-order valence-corrected chi connectivity index (χ1v) is 8.19. The van der Waals surface area contributed by atoms with Crippen molar-refractivity contribution in [3.05, 3.63) is 46.1 Å². The van der Waals surface area contributed by atoms with Crippen LogP contribution < -0.4 is 10.6 Å². The number of hydrogen-bond acceptors (Lipinski definition) is 6. The van der Waals surface area contributed by atoms with Gasteiger partial charge in [0.05, 0.1) is 6.04 Å². The maximum Gasteiger partial charge on any atom is 0.219 e. The molecule has 0 spiro atoms. The number of halogens is 1. The monoisotopic (exact) mass is 344 g/mol. The largest absolute Gasteiger partial charge is 0.353 e.